The number of aromatic nitrogens is 2. The Hall–Kier alpha value is -2.26. The van der Waals surface area contributed by atoms with Crippen LogP contribution in [0, 0.1) is 0 Å². The van der Waals surface area contributed by atoms with E-state index in [1.807, 2.05) is 0 Å². The van der Waals surface area contributed by atoms with E-state index < -0.39 is 10.0 Å². The van der Waals surface area contributed by atoms with Crippen LogP contribution in [-0.2, 0) is 10.0 Å². The number of nitrogens with two attached hydrogens (primary N) is 2. The third-order valence-corrected chi connectivity index (χ3v) is 4.10. The Morgan fingerprint density at radius 3 is 2.71 bits per heavy atom. The SMILES string of the molecule is Nc1n[nH]c(C2CC2)c1N=Nc1cccc(S(N)(=O)=O)c1. The Bertz CT molecular complexity index is 807. The fourth-order valence-electron chi connectivity index (χ4n) is 1.96. The number of hydrogen-bond donors (Lipinski definition) is 3. The molecule has 0 aliphatic heterocycles. The van der Waals surface area contributed by atoms with Gasteiger partial charge in [-0.1, -0.05) is 6.07 Å². The van der Waals surface area contributed by atoms with E-state index in [1.54, 1.807) is 12.1 Å². The van der Waals surface area contributed by atoms with Gasteiger partial charge in [-0.2, -0.15) is 10.2 Å². The van der Waals surface area contributed by atoms with Crippen molar-refractivity contribution in [3.63, 3.8) is 0 Å². The molecular weight excluding hydrogens is 292 g/mol. The maximum atomic E-state index is 11.3. The van der Waals surface area contributed by atoms with Crippen LogP contribution in [0.25, 0.3) is 0 Å². The van der Waals surface area contributed by atoms with Gasteiger partial charge < -0.3 is 5.73 Å². The van der Waals surface area contributed by atoms with Gasteiger partial charge in [0.05, 0.1) is 16.3 Å². The zero-order valence-corrected chi connectivity index (χ0v) is 11.8. The number of sulfonamides is 1. The van der Waals surface area contributed by atoms with Gasteiger partial charge in [0.1, 0.15) is 0 Å². The first-order chi connectivity index (χ1) is 9.95. The summed E-state index contributed by atoms with van der Waals surface area (Å²) in [6.45, 7) is 0. The van der Waals surface area contributed by atoms with Crippen LogP contribution in [0.5, 0.6) is 0 Å². The van der Waals surface area contributed by atoms with Crippen molar-refractivity contribution in [3.8, 4) is 0 Å². The monoisotopic (exact) mass is 306 g/mol. The second-order valence-corrected chi connectivity index (χ2v) is 6.45. The van der Waals surface area contributed by atoms with Gasteiger partial charge in [0.2, 0.25) is 10.0 Å². The molecule has 0 atom stereocenters. The lowest BCUT2D eigenvalue weighted by atomic mass is 10.2. The highest BCUT2D eigenvalue weighted by molar-refractivity contribution is 7.89. The summed E-state index contributed by atoms with van der Waals surface area (Å²) in [5.74, 6) is 0.683. The van der Waals surface area contributed by atoms with E-state index in [0.717, 1.165) is 18.5 Å². The predicted molar refractivity (Wildman–Crippen MR) is 77.0 cm³/mol. The number of aromatic amines is 1. The van der Waals surface area contributed by atoms with Crippen LogP contribution in [0.1, 0.15) is 24.5 Å². The molecule has 0 unspecified atom stereocenters. The van der Waals surface area contributed by atoms with Gasteiger partial charge in [-0.05, 0) is 31.0 Å². The molecule has 0 spiro atoms. The molecule has 1 aromatic carbocycles. The number of anilines is 1. The third kappa shape index (κ3) is 2.93. The van der Waals surface area contributed by atoms with Crippen molar-refractivity contribution < 1.29 is 8.42 Å². The molecule has 1 aliphatic rings. The van der Waals surface area contributed by atoms with Crippen molar-refractivity contribution in [2.24, 2.45) is 15.4 Å². The maximum Gasteiger partial charge on any atom is 0.238 e. The number of rotatable bonds is 4. The van der Waals surface area contributed by atoms with Crippen LogP contribution >= 0.6 is 0 Å². The van der Waals surface area contributed by atoms with Gasteiger partial charge in [-0.3, -0.25) is 5.10 Å². The van der Waals surface area contributed by atoms with Crippen LogP contribution in [0.4, 0.5) is 17.2 Å². The molecule has 21 heavy (non-hydrogen) atoms. The highest BCUT2D eigenvalue weighted by atomic mass is 32.2. The van der Waals surface area contributed by atoms with Crippen molar-refractivity contribution in [2.45, 2.75) is 23.7 Å². The van der Waals surface area contributed by atoms with Gasteiger partial charge in [0.15, 0.2) is 11.5 Å². The number of nitrogens with one attached hydrogen (secondary N) is 1. The number of primary sulfonamides is 1. The molecule has 0 radical (unpaired) electrons. The molecule has 110 valence electrons. The number of azo groups is 1. The van der Waals surface area contributed by atoms with Gasteiger partial charge in [-0.15, -0.1) is 5.11 Å². The van der Waals surface area contributed by atoms with Crippen molar-refractivity contribution >= 4 is 27.2 Å². The van der Waals surface area contributed by atoms with Crippen molar-refractivity contribution in [2.75, 3.05) is 5.73 Å². The fraction of sp³-hybridized carbons (Fsp3) is 0.250. The van der Waals surface area contributed by atoms with Crippen LogP contribution in [0.15, 0.2) is 39.4 Å². The number of benzene rings is 1. The highest BCUT2D eigenvalue weighted by Crippen LogP contribution is 2.45. The van der Waals surface area contributed by atoms with Gasteiger partial charge in [0.25, 0.3) is 0 Å². The average molecular weight is 306 g/mol. The Morgan fingerprint density at radius 2 is 2.05 bits per heavy atom. The summed E-state index contributed by atoms with van der Waals surface area (Å²) in [7, 11) is -3.76. The number of nitrogen functional groups attached to an aromatic ring is 1. The molecule has 3 rings (SSSR count). The largest absolute Gasteiger partial charge is 0.380 e. The second kappa shape index (κ2) is 4.93. The first kappa shape index (κ1) is 13.7. The molecule has 1 saturated carbocycles. The topological polar surface area (TPSA) is 140 Å². The Morgan fingerprint density at radius 1 is 1.29 bits per heavy atom. The van der Waals surface area contributed by atoms with Crippen molar-refractivity contribution in [1.82, 2.24) is 10.2 Å². The number of H-pyrrole nitrogens is 1. The predicted octanol–water partition coefficient (Wildman–Crippen LogP) is 1.93. The van der Waals surface area contributed by atoms with Crippen LogP contribution in [0.2, 0.25) is 0 Å². The molecule has 9 heteroatoms. The molecule has 1 aromatic heterocycles. The van der Waals surface area contributed by atoms with Crippen LogP contribution in [-0.4, -0.2) is 18.6 Å². The molecule has 1 heterocycles. The number of nitrogens with zero attached hydrogens (tertiary/aromatic N) is 3. The second-order valence-electron chi connectivity index (χ2n) is 4.89. The maximum absolute atomic E-state index is 11.3. The highest BCUT2D eigenvalue weighted by Gasteiger charge is 2.29. The van der Waals surface area contributed by atoms with Gasteiger partial charge >= 0.3 is 0 Å². The molecule has 0 amide bonds. The zero-order chi connectivity index (χ0) is 15.0. The summed E-state index contributed by atoms with van der Waals surface area (Å²) >= 11 is 0. The average Bonchev–Trinajstić information content (AvgIpc) is 3.20. The molecule has 1 aliphatic carbocycles. The summed E-state index contributed by atoms with van der Waals surface area (Å²) < 4.78 is 22.6. The fourth-order valence-corrected chi connectivity index (χ4v) is 2.51. The minimum atomic E-state index is -3.76. The summed E-state index contributed by atoms with van der Waals surface area (Å²) in [6.07, 6.45) is 2.15. The molecular formula is C12H14N6O2S. The first-order valence-electron chi connectivity index (χ1n) is 6.33. The van der Waals surface area contributed by atoms with E-state index >= 15 is 0 Å². The van der Waals surface area contributed by atoms with Gasteiger partial charge in [-0.25, -0.2) is 13.6 Å². The molecule has 2 aromatic rings. The Balaban J connectivity index is 1.92. The standard InChI is InChI=1S/C12H14N6O2S/c13-12-11(10(16-18-12)7-4-5-7)17-15-8-2-1-3-9(6-8)21(14,19)20/h1-3,6-7H,4-5H2,(H3,13,16,18)(H2,14,19,20). The van der Waals surface area contributed by atoms with Crippen LogP contribution < -0.4 is 10.9 Å². The smallest absolute Gasteiger partial charge is 0.238 e. The molecule has 8 nitrogen and oxygen atoms in total. The first-order valence-corrected chi connectivity index (χ1v) is 7.88. The zero-order valence-electron chi connectivity index (χ0n) is 11.0. The lowest BCUT2D eigenvalue weighted by Gasteiger charge is -1.99. The van der Waals surface area contributed by atoms with Gasteiger partial charge in [0, 0.05) is 5.92 Å². The lowest BCUT2D eigenvalue weighted by molar-refractivity contribution is 0.598. The molecule has 0 bridgehead atoms. The summed E-state index contributed by atoms with van der Waals surface area (Å²) in [6, 6.07) is 5.93. The quantitative estimate of drug-likeness (QED) is 0.742. The Kier molecular flexibility index (Phi) is 3.22. The minimum absolute atomic E-state index is 0.0125. The Labute approximate surface area is 121 Å². The van der Waals surface area contributed by atoms with E-state index in [1.165, 1.54) is 12.1 Å². The van der Waals surface area contributed by atoms with Crippen molar-refractivity contribution in [3.05, 3.63) is 30.0 Å². The van der Waals surface area contributed by atoms with Crippen molar-refractivity contribution in [1.29, 1.82) is 0 Å². The van der Waals surface area contributed by atoms with E-state index in [0.29, 0.717) is 17.3 Å². The van der Waals surface area contributed by atoms with Crippen LogP contribution in [0.3, 0.4) is 0 Å². The van der Waals surface area contributed by atoms with E-state index in [-0.39, 0.29) is 10.7 Å². The third-order valence-electron chi connectivity index (χ3n) is 3.19. The summed E-state index contributed by atoms with van der Waals surface area (Å²) in [4.78, 5) is -0.0125. The number of hydrogen-bond acceptors (Lipinski definition) is 6. The molecule has 5 N–H and O–H groups in total. The molecule has 0 saturated heterocycles. The minimum Gasteiger partial charge on any atom is -0.380 e. The lowest BCUT2D eigenvalue weighted by Crippen LogP contribution is -2.11. The molecule has 1 fully saturated rings. The van der Waals surface area contributed by atoms with E-state index in [4.69, 9.17) is 10.9 Å². The van der Waals surface area contributed by atoms with E-state index in [9.17, 15) is 8.42 Å². The summed E-state index contributed by atoms with van der Waals surface area (Å²) in [5, 5.41) is 20.0. The normalized spacial score (nSPS) is 15.7. The van der Waals surface area contributed by atoms with E-state index in [2.05, 4.69) is 20.4 Å². The summed E-state index contributed by atoms with van der Waals surface area (Å²) in [5.41, 5.74) is 7.52.